The highest BCUT2D eigenvalue weighted by Gasteiger charge is 2.37. The van der Waals surface area contributed by atoms with Crippen LogP contribution in [0.25, 0.3) is 11.2 Å². The van der Waals surface area contributed by atoms with Gasteiger partial charge in [-0.05, 0) is 19.1 Å². The number of aromatic nitrogens is 4. The Morgan fingerprint density at radius 3 is 2.86 bits per heavy atom. The molecule has 1 aliphatic rings. The molecule has 2 aromatic heterocycles. The Bertz CT molecular complexity index is 1250. The van der Waals surface area contributed by atoms with Crippen LogP contribution in [-0.4, -0.2) is 66.9 Å². The van der Waals surface area contributed by atoms with E-state index in [4.69, 9.17) is 19.7 Å². The van der Waals surface area contributed by atoms with Gasteiger partial charge >= 0.3 is 13.5 Å². The van der Waals surface area contributed by atoms with Gasteiger partial charge in [-0.1, -0.05) is 18.2 Å². The topological polar surface area (TPSA) is 184 Å². The summed E-state index contributed by atoms with van der Waals surface area (Å²) in [7, 11) is -3.78. The van der Waals surface area contributed by atoms with E-state index in [1.165, 1.54) is 13.3 Å². The molecule has 1 aromatic carbocycles. The van der Waals surface area contributed by atoms with Crippen molar-refractivity contribution in [1.29, 1.82) is 0 Å². The van der Waals surface area contributed by atoms with E-state index in [9.17, 15) is 19.6 Å². The molecule has 0 radical (unpaired) electrons. The predicted octanol–water partition coefficient (Wildman–Crippen LogP) is 1.65. The highest BCUT2D eigenvalue weighted by molar-refractivity contribution is 7.80. The number of nitrogens with one attached hydrogen (secondary N) is 1. The molecule has 35 heavy (non-hydrogen) atoms. The van der Waals surface area contributed by atoms with E-state index in [0.29, 0.717) is 21.9 Å². The third-order valence-electron chi connectivity index (χ3n) is 5.23. The van der Waals surface area contributed by atoms with Crippen molar-refractivity contribution in [2.24, 2.45) is 0 Å². The molecular weight excluding hydrogens is 499 g/mol. The van der Waals surface area contributed by atoms with Gasteiger partial charge in [0.25, 0.3) is 0 Å². The molecule has 4 rings (SSSR count). The minimum atomic E-state index is -3.78. The van der Waals surface area contributed by atoms with E-state index in [-0.39, 0.29) is 19.0 Å². The maximum absolute atomic E-state index is 13.3. The van der Waals surface area contributed by atoms with Crippen molar-refractivity contribution in [2.75, 3.05) is 18.7 Å². The number of thiol groups is 1. The maximum Gasteiger partial charge on any atom is 0.342 e. The number of ether oxygens (including phenoxy) is 2. The molecule has 1 unspecified atom stereocenters. The Kier molecular flexibility index (Phi) is 7.59. The van der Waals surface area contributed by atoms with Crippen molar-refractivity contribution in [3.63, 3.8) is 0 Å². The number of aliphatic hydroxyl groups excluding tert-OH is 1. The summed E-state index contributed by atoms with van der Waals surface area (Å²) in [4.78, 5) is 23.7. The van der Waals surface area contributed by atoms with Crippen molar-refractivity contribution < 1.29 is 33.6 Å². The number of hydrogen-bond acceptors (Lipinski definition) is 11. The van der Waals surface area contributed by atoms with Crippen LogP contribution in [0.2, 0.25) is 0 Å². The summed E-state index contributed by atoms with van der Waals surface area (Å²) in [5, 5.41) is 22.5. The fraction of sp³-hybridized carbons (Fsp3) is 0.400. The van der Waals surface area contributed by atoms with Gasteiger partial charge in [0, 0.05) is 6.42 Å². The number of anilines is 1. The summed E-state index contributed by atoms with van der Waals surface area (Å²) < 4.78 is 32.1. The molecule has 5 N–H and O–H groups in total. The number of imidazole rings is 1. The number of carboxylic acid groups (broad SMARTS) is 1. The number of rotatable bonds is 10. The van der Waals surface area contributed by atoms with Gasteiger partial charge in [0.05, 0.1) is 19.0 Å². The van der Waals surface area contributed by atoms with Gasteiger partial charge in [-0.3, -0.25) is 13.9 Å². The van der Waals surface area contributed by atoms with Crippen LogP contribution in [-0.2, 0) is 18.8 Å². The number of carboxylic acids is 1. The number of benzene rings is 1. The second-order valence-electron chi connectivity index (χ2n) is 7.93. The number of nitrogens with two attached hydrogens (primary N) is 1. The van der Waals surface area contributed by atoms with E-state index in [1.54, 1.807) is 34.9 Å². The number of para-hydroxylation sites is 1. The highest BCUT2D eigenvalue weighted by atomic mass is 32.1. The number of aliphatic carboxylic acids is 1. The number of fused-ring (bicyclic) bond motifs is 1. The first-order chi connectivity index (χ1) is 16.6. The van der Waals surface area contributed by atoms with Gasteiger partial charge in [-0.2, -0.15) is 4.98 Å². The second-order valence-corrected chi connectivity index (χ2v) is 10.4. The Hall–Kier alpha value is -2.74. The standard InChI is InChI=1S/C20H25N6O7PS/c1-11(19(28)29)25-34(30,33-12-5-3-2-4-6-12)10-31-8-14-13(27)7-15(32-14)26-9-22-16-17(26)23-20(21)24-18(16)35/h2-6,9,11,13-15,27H,7-8,10H2,1H3,(H,25,30)(H,28,29)(H3,21,23,24,35)/t11-,13-,14+,15+,34?/m0/s1. The summed E-state index contributed by atoms with van der Waals surface area (Å²) in [6.07, 6.45) is -0.988. The first kappa shape index (κ1) is 25.4. The maximum atomic E-state index is 13.3. The van der Waals surface area contributed by atoms with Crippen molar-refractivity contribution in [2.45, 2.75) is 42.8 Å². The zero-order valence-electron chi connectivity index (χ0n) is 18.6. The SMILES string of the molecule is C[C@H](NP(=O)(COC[C@H]1O[C@@H](n2cnc3c(S)nc(N)nc32)C[C@@H]1O)Oc1ccccc1)C(=O)O. The predicted molar refractivity (Wildman–Crippen MR) is 127 cm³/mol. The molecule has 1 aliphatic heterocycles. The molecule has 1 fully saturated rings. The second kappa shape index (κ2) is 10.5. The summed E-state index contributed by atoms with van der Waals surface area (Å²) in [5.41, 5.74) is 6.57. The van der Waals surface area contributed by atoms with Crippen molar-refractivity contribution in [3.05, 3.63) is 36.7 Å². The third-order valence-corrected chi connectivity index (χ3v) is 7.36. The third kappa shape index (κ3) is 5.92. The van der Waals surface area contributed by atoms with E-state index < -0.39 is 44.3 Å². The van der Waals surface area contributed by atoms with Crippen LogP contribution in [0.3, 0.4) is 0 Å². The van der Waals surface area contributed by atoms with E-state index in [0.717, 1.165) is 0 Å². The molecule has 15 heteroatoms. The number of aliphatic hydroxyl groups is 1. The largest absolute Gasteiger partial charge is 0.480 e. The van der Waals surface area contributed by atoms with Crippen LogP contribution in [0.1, 0.15) is 19.6 Å². The summed E-state index contributed by atoms with van der Waals surface area (Å²) >= 11 is 4.26. The molecule has 0 saturated carbocycles. The minimum absolute atomic E-state index is 0.0277. The van der Waals surface area contributed by atoms with Gasteiger partial charge in [0.2, 0.25) is 5.95 Å². The molecule has 3 aromatic rings. The van der Waals surface area contributed by atoms with E-state index >= 15 is 0 Å². The molecule has 0 amide bonds. The van der Waals surface area contributed by atoms with Crippen molar-refractivity contribution >= 4 is 43.2 Å². The number of carbonyl (C=O) groups is 1. The van der Waals surface area contributed by atoms with Crippen LogP contribution < -0.4 is 15.3 Å². The van der Waals surface area contributed by atoms with E-state index in [1.807, 2.05) is 0 Å². The van der Waals surface area contributed by atoms with Crippen LogP contribution >= 0.6 is 20.1 Å². The van der Waals surface area contributed by atoms with Gasteiger partial charge in [-0.25, -0.2) is 15.1 Å². The van der Waals surface area contributed by atoms with Crippen molar-refractivity contribution in [3.8, 4) is 5.75 Å². The minimum Gasteiger partial charge on any atom is -0.480 e. The first-order valence-corrected chi connectivity index (χ1v) is 12.9. The Morgan fingerprint density at radius 2 is 2.14 bits per heavy atom. The molecular formula is C20H25N6O7PS. The molecule has 0 bridgehead atoms. The highest BCUT2D eigenvalue weighted by Crippen LogP contribution is 2.44. The zero-order valence-corrected chi connectivity index (χ0v) is 20.4. The van der Waals surface area contributed by atoms with Crippen LogP contribution in [0.15, 0.2) is 41.7 Å². The zero-order chi connectivity index (χ0) is 25.2. The average Bonchev–Trinajstić information content (AvgIpc) is 3.37. The lowest BCUT2D eigenvalue weighted by Gasteiger charge is -2.23. The molecule has 3 heterocycles. The molecule has 13 nitrogen and oxygen atoms in total. The van der Waals surface area contributed by atoms with Crippen molar-refractivity contribution in [1.82, 2.24) is 24.6 Å². The van der Waals surface area contributed by atoms with Crippen LogP contribution in [0.4, 0.5) is 5.95 Å². The summed E-state index contributed by atoms with van der Waals surface area (Å²) in [6, 6.07) is 7.19. The molecule has 1 saturated heterocycles. The van der Waals surface area contributed by atoms with E-state index in [2.05, 4.69) is 32.7 Å². The number of hydrogen-bond donors (Lipinski definition) is 5. The molecule has 188 valence electrons. The molecule has 0 spiro atoms. The monoisotopic (exact) mass is 524 g/mol. The van der Waals surface area contributed by atoms with Crippen LogP contribution in [0, 0.1) is 0 Å². The lowest BCUT2D eigenvalue weighted by atomic mass is 10.2. The van der Waals surface area contributed by atoms with Gasteiger partial charge in [0.15, 0.2) is 5.65 Å². The molecule has 5 atom stereocenters. The first-order valence-electron chi connectivity index (χ1n) is 10.6. The average molecular weight is 524 g/mol. The van der Waals surface area contributed by atoms with Gasteiger partial charge in [-0.15, -0.1) is 12.6 Å². The molecule has 0 aliphatic carbocycles. The lowest BCUT2D eigenvalue weighted by molar-refractivity contribution is -0.138. The lowest BCUT2D eigenvalue weighted by Crippen LogP contribution is -2.34. The number of nitrogens with zero attached hydrogens (tertiary/aromatic N) is 4. The smallest absolute Gasteiger partial charge is 0.342 e. The Balaban J connectivity index is 1.41. The van der Waals surface area contributed by atoms with Crippen LogP contribution in [0.5, 0.6) is 5.75 Å². The Labute approximate surface area is 205 Å². The fourth-order valence-electron chi connectivity index (χ4n) is 3.55. The normalized spacial score (nSPS) is 22.7. The van der Waals surface area contributed by atoms with Gasteiger partial charge in [0.1, 0.15) is 41.0 Å². The van der Waals surface area contributed by atoms with Gasteiger partial charge < -0.3 is 29.9 Å². The fourth-order valence-corrected chi connectivity index (χ4v) is 5.49. The summed E-state index contributed by atoms with van der Waals surface area (Å²) in [5.74, 6) is -0.876. The Morgan fingerprint density at radius 1 is 1.40 bits per heavy atom. The summed E-state index contributed by atoms with van der Waals surface area (Å²) in [6.45, 7) is 1.23. The quantitative estimate of drug-likeness (QED) is 0.147. The number of nitrogen functional groups attached to an aromatic ring is 1.